The zero-order chi connectivity index (χ0) is 12.1. The number of hydrogen-bond acceptors (Lipinski definition) is 6. The molecule has 0 saturated carbocycles. The highest BCUT2D eigenvalue weighted by molar-refractivity contribution is 5.50. The Bertz CT molecular complexity index is 293. The van der Waals surface area contributed by atoms with Crippen molar-refractivity contribution in [1.29, 1.82) is 0 Å². The van der Waals surface area contributed by atoms with Crippen LogP contribution in [-0.4, -0.2) is 58.7 Å². The van der Waals surface area contributed by atoms with Crippen LogP contribution in [0.2, 0.25) is 0 Å². The lowest BCUT2D eigenvalue weighted by atomic mass is 9.92. The van der Waals surface area contributed by atoms with Gasteiger partial charge in [0.2, 0.25) is 0 Å². The van der Waals surface area contributed by atoms with Crippen LogP contribution in [0.5, 0.6) is 0 Å². The fourth-order valence-corrected chi connectivity index (χ4v) is 1.67. The Balaban J connectivity index is 2.87. The normalized spacial score (nSPS) is 38.8. The van der Waals surface area contributed by atoms with Crippen LogP contribution in [0.25, 0.3) is 10.4 Å². The summed E-state index contributed by atoms with van der Waals surface area (Å²) in [6.07, 6.45) is -4.03. The molecule has 1 rings (SSSR count). The van der Waals surface area contributed by atoms with E-state index in [4.69, 9.17) is 15.4 Å². The molecule has 90 valence electrons. The molecule has 0 bridgehead atoms. The molecule has 1 aliphatic heterocycles. The molecule has 8 heteroatoms. The fourth-order valence-electron chi connectivity index (χ4n) is 1.67. The van der Waals surface area contributed by atoms with Crippen molar-refractivity contribution in [1.82, 2.24) is 0 Å². The first-order valence-corrected chi connectivity index (χ1v) is 4.76. The Kier molecular flexibility index (Phi) is 4.66. The van der Waals surface area contributed by atoms with E-state index >= 15 is 0 Å². The van der Waals surface area contributed by atoms with Crippen LogP contribution in [0.4, 0.5) is 0 Å². The van der Waals surface area contributed by atoms with Gasteiger partial charge in [-0.1, -0.05) is 5.11 Å². The SMILES string of the molecule is [N-]=[N+]=NC1C(CC=O)OC(CO)[C@H](O)C1O. The molecule has 16 heavy (non-hydrogen) atoms. The second-order valence-corrected chi connectivity index (χ2v) is 3.47. The molecule has 0 spiro atoms. The van der Waals surface area contributed by atoms with Crippen molar-refractivity contribution in [2.75, 3.05) is 6.61 Å². The molecule has 4 unspecified atom stereocenters. The molecule has 0 aromatic heterocycles. The number of ether oxygens (including phenoxy) is 1. The highest BCUT2D eigenvalue weighted by Crippen LogP contribution is 2.25. The van der Waals surface area contributed by atoms with Crippen molar-refractivity contribution in [2.45, 2.75) is 36.9 Å². The fraction of sp³-hybridized carbons (Fsp3) is 0.875. The summed E-state index contributed by atoms with van der Waals surface area (Å²) in [5, 5.41) is 31.3. The summed E-state index contributed by atoms with van der Waals surface area (Å²) < 4.78 is 5.17. The molecule has 5 atom stereocenters. The van der Waals surface area contributed by atoms with E-state index in [1.165, 1.54) is 0 Å². The summed E-state index contributed by atoms with van der Waals surface area (Å²) in [5.74, 6) is 0. The van der Waals surface area contributed by atoms with E-state index in [-0.39, 0.29) is 6.42 Å². The Morgan fingerprint density at radius 3 is 2.56 bits per heavy atom. The Morgan fingerprint density at radius 1 is 1.38 bits per heavy atom. The second-order valence-electron chi connectivity index (χ2n) is 3.47. The van der Waals surface area contributed by atoms with Gasteiger partial charge in [-0.2, -0.15) is 0 Å². The minimum absolute atomic E-state index is 0.0794. The van der Waals surface area contributed by atoms with Crippen molar-refractivity contribution >= 4 is 6.29 Å². The van der Waals surface area contributed by atoms with Gasteiger partial charge >= 0.3 is 0 Å². The van der Waals surface area contributed by atoms with Crippen LogP contribution in [0.3, 0.4) is 0 Å². The number of nitrogens with zero attached hydrogens (tertiary/aromatic N) is 3. The number of carbonyl (C=O) groups excluding carboxylic acids is 1. The summed E-state index contributed by atoms with van der Waals surface area (Å²) in [4.78, 5) is 12.9. The maximum atomic E-state index is 10.4. The quantitative estimate of drug-likeness (QED) is 0.240. The van der Waals surface area contributed by atoms with Crippen LogP contribution in [0, 0.1) is 0 Å². The van der Waals surface area contributed by atoms with Gasteiger partial charge in [0.1, 0.15) is 18.5 Å². The number of azide groups is 1. The van der Waals surface area contributed by atoms with E-state index in [1.807, 2.05) is 0 Å². The monoisotopic (exact) mass is 231 g/mol. The molecular weight excluding hydrogens is 218 g/mol. The largest absolute Gasteiger partial charge is 0.394 e. The molecule has 1 fully saturated rings. The van der Waals surface area contributed by atoms with Crippen LogP contribution < -0.4 is 0 Å². The zero-order valence-electron chi connectivity index (χ0n) is 8.38. The lowest BCUT2D eigenvalue weighted by Crippen LogP contribution is -2.57. The lowest BCUT2D eigenvalue weighted by molar-refractivity contribution is -0.189. The number of hydrogen-bond donors (Lipinski definition) is 3. The van der Waals surface area contributed by atoms with E-state index in [9.17, 15) is 15.0 Å². The van der Waals surface area contributed by atoms with E-state index in [0.29, 0.717) is 6.29 Å². The van der Waals surface area contributed by atoms with Gasteiger partial charge in [-0.15, -0.1) is 0 Å². The molecule has 1 heterocycles. The first-order chi connectivity index (χ1) is 7.65. The van der Waals surface area contributed by atoms with Crippen molar-refractivity contribution in [3.63, 3.8) is 0 Å². The van der Waals surface area contributed by atoms with Crippen molar-refractivity contribution in [3.8, 4) is 0 Å². The van der Waals surface area contributed by atoms with Crippen molar-refractivity contribution in [2.24, 2.45) is 5.11 Å². The third kappa shape index (κ3) is 2.49. The Labute approximate surface area is 91.1 Å². The van der Waals surface area contributed by atoms with E-state index in [1.54, 1.807) is 0 Å². The first-order valence-electron chi connectivity index (χ1n) is 4.76. The molecule has 0 aliphatic carbocycles. The van der Waals surface area contributed by atoms with Crippen LogP contribution in [-0.2, 0) is 9.53 Å². The van der Waals surface area contributed by atoms with Gasteiger partial charge in [0, 0.05) is 11.3 Å². The highest BCUT2D eigenvalue weighted by atomic mass is 16.5. The Hall–Kier alpha value is -1.18. The standard InChI is InChI=1S/C8H13N3O5/c9-11-10-6-4(1-2-12)16-5(3-13)7(14)8(6)15/h2,4-8,13-15H,1,3H2/t4?,5?,6?,7-,8?/m0/s1. The van der Waals surface area contributed by atoms with Gasteiger partial charge in [-0.25, -0.2) is 0 Å². The summed E-state index contributed by atoms with van der Waals surface area (Å²) in [5.41, 5.74) is 8.30. The Morgan fingerprint density at radius 2 is 2.06 bits per heavy atom. The first kappa shape index (κ1) is 12.9. The van der Waals surface area contributed by atoms with Gasteiger partial charge < -0.3 is 24.9 Å². The third-order valence-corrected chi connectivity index (χ3v) is 2.50. The molecule has 8 nitrogen and oxygen atoms in total. The van der Waals surface area contributed by atoms with Crippen LogP contribution in [0.1, 0.15) is 6.42 Å². The van der Waals surface area contributed by atoms with E-state index in [0.717, 1.165) is 0 Å². The van der Waals surface area contributed by atoms with Crippen molar-refractivity contribution < 1.29 is 24.9 Å². The predicted octanol–water partition coefficient (Wildman–Crippen LogP) is -1.26. The number of aliphatic hydroxyl groups is 3. The van der Waals surface area contributed by atoms with E-state index < -0.39 is 37.1 Å². The molecule has 1 aliphatic rings. The predicted molar refractivity (Wildman–Crippen MR) is 51.4 cm³/mol. The molecule has 0 aromatic carbocycles. The van der Waals surface area contributed by atoms with Gasteiger partial charge in [0.15, 0.2) is 0 Å². The summed E-state index contributed by atoms with van der Waals surface area (Å²) in [6, 6.07) is -1.03. The number of aldehydes is 1. The average Bonchev–Trinajstić information content (AvgIpc) is 2.28. The molecule has 0 amide bonds. The number of aliphatic hydroxyl groups excluding tert-OH is 3. The summed E-state index contributed by atoms with van der Waals surface area (Å²) in [6.45, 7) is -0.490. The minimum atomic E-state index is -1.35. The molecular formula is C8H13N3O5. The van der Waals surface area contributed by atoms with Crippen molar-refractivity contribution in [3.05, 3.63) is 10.4 Å². The number of rotatable bonds is 4. The average molecular weight is 231 g/mol. The minimum Gasteiger partial charge on any atom is -0.394 e. The maximum Gasteiger partial charge on any atom is 0.122 e. The highest BCUT2D eigenvalue weighted by Gasteiger charge is 2.43. The molecule has 3 N–H and O–H groups in total. The van der Waals surface area contributed by atoms with E-state index in [2.05, 4.69) is 10.0 Å². The zero-order valence-corrected chi connectivity index (χ0v) is 8.38. The molecule has 0 aromatic rings. The third-order valence-electron chi connectivity index (χ3n) is 2.50. The van der Waals surface area contributed by atoms with Gasteiger partial charge in [0.05, 0.1) is 24.9 Å². The van der Waals surface area contributed by atoms with Crippen LogP contribution in [0.15, 0.2) is 5.11 Å². The van der Waals surface area contributed by atoms with Gasteiger partial charge in [-0.05, 0) is 5.53 Å². The number of carbonyl (C=O) groups is 1. The lowest BCUT2D eigenvalue weighted by Gasteiger charge is -2.39. The van der Waals surface area contributed by atoms with Gasteiger partial charge in [0.25, 0.3) is 0 Å². The molecule has 1 saturated heterocycles. The molecule has 0 radical (unpaired) electrons. The topological polar surface area (TPSA) is 136 Å². The van der Waals surface area contributed by atoms with Gasteiger partial charge in [-0.3, -0.25) is 0 Å². The second kappa shape index (κ2) is 5.78. The summed E-state index contributed by atoms with van der Waals surface area (Å²) in [7, 11) is 0. The maximum absolute atomic E-state index is 10.4. The van der Waals surface area contributed by atoms with Crippen LogP contribution >= 0.6 is 0 Å². The summed E-state index contributed by atoms with van der Waals surface area (Å²) >= 11 is 0. The smallest absolute Gasteiger partial charge is 0.122 e.